The van der Waals surface area contributed by atoms with Gasteiger partial charge in [0, 0.05) is 12.0 Å². The van der Waals surface area contributed by atoms with Gasteiger partial charge in [-0.3, -0.25) is 10.1 Å². The largest absolute Gasteiger partial charge is 0.303 e. The zero-order valence-corrected chi connectivity index (χ0v) is 15.8. The minimum Gasteiger partial charge on any atom is -0.303 e. The van der Waals surface area contributed by atoms with E-state index in [2.05, 4.69) is 41.7 Å². The lowest BCUT2D eigenvalue weighted by molar-refractivity contribution is -0.118. The second kappa shape index (κ2) is 5.84. The van der Waals surface area contributed by atoms with Crippen molar-refractivity contribution >= 4 is 22.9 Å². The fraction of sp³-hybridized carbons (Fsp3) is 0.571. The lowest BCUT2D eigenvalue weighted by Crippen LogP contribution is -2.38. The molecule has 2 aromatic rings. The Labute approximate surface area is 154 Å². The van der Waals surface area contributed by atoms with E-state index in [1.807, 2.05) is 18.2 Å². The predicted octanol–water partition coefficient (Wildman–Crippen LogP) is 4.57. The van der Waals surface area contributed by atoms with Crippen molar-refractivity contribution in [2.45, 2.75) is 64.8 Å². The van der Waals surface area contributed by atoms with Crippen LogP contribution in [0.4, 0.5) is 5.95 Å². The lowest BCUT2D eigenvalue weighted by atomic mass is 9.78. The van der Waals surface area contributed by atoms with E-state index in [4.69, 9.17) is 0 Å². The van der Waals surface area contributed by atoms with Crippen LogP contribution in [-0.4, -0.2) is 15.5 Å². The molecule has 2 aliphatic rings. The highest BCUT2D eigenvalue weighted by atomic mass is 16.1. The maximum atomic E-state index is 12.7. The molecular weight excluding hydrogens is 324 g/mol. The van der Waals surface area contributed by atoms with Crippen molar-refractivity contribution in [1.29, 1.82) is 5.26 Å². The molecule has 1 amide bonds. The summed E-state index contributed by atoms with van der Waals surface area (Å²) in [6, 6.07) is 7.87. The van der Waals surface area contributed by atoms with Crippen LogP contribution in [0.25, 0.3) is 11.0 Å². The Morgan fingerprint density at radius 3 is 2.73 bits per heavy atom. The number of carbonyl (C=O) groups is 1. The van der Waals surface area contributed by atoms with Gasteiger partial charge in [0.1, 0.15) is 6.07 Å². The van der Waals surface area contributed by atoms with Crippen LogP contribution in [0.2, 0.25) is 0 Å². The number of fused-ring (bicyclic) bond motifs is 1. The molecule has 0 spiro atoms. The van der Waals surface area contributed by atoms with Gasteiger partial charge in [0.05, 0.1) is 16.6 Å². The van der Waals surface area contributed by atoms with Crippen molar-refractivity contribution in [2.24, 2.45) is 11.3 Å². The highest BCUT2D eigenvalue weighted by Crippen LogP contribution is 2.47. The van der Waals surface area contributed by atoms with Gasteiger partial charge in [-0.2, -0.15) is 5.26 Å². The molecule has 5 nitrogen and oxygen atoms in total. The lowest BCUT2D eigenvalue weighted by Gasteiger charge is -2.41. The van der Waals surface area contributed by atoms with E-state index in [-0.39, 0.29) is 16.9 Å². The van der Waals surface area contributed by atoms with Crippen molar-refractivity contribution < 1.29 is 4.79 Å². The molecule has 1 N–H and O–H groups in total. The van der Waals surface area contributed by atoms with E-state index in [0.717, 1.165) is 30.3 Å². The number of nitrogens with zero attached hydrogens (tertiary/aromatic N) is 3. The molecular formula is C21H26N4O. The summed E-state index contributed by atoms with van der Waals surface area (Å²) < 4.78 is 2.10. The van der Waals surface area contributed by atoms with Gasteiger partial charge in [-0.25, -0.2) is 4.98 Å². The Bertz CT molecular complexity index is 910. The monoisotopic (exact) mass is 350 g/mol. The van der Waals surface area contributed by atoms with Crippen LogP contribution in [0.3, 0.4) is 0 Å². The zero-order chi connectivity index (χ0) is 18.5. The smallest absolute Gasteiger partial charge is 0.227 e. The second-order valence-electron chi connectivity index (χ2n) is 8.89. The summed E-state index contributed by atoms with van der Waals surface area (Å²) in [5.74, 6) is 1.25. The van der Waals surface area contributed by atoms with Crippen LogP contribution in [0.5, 0.6) is 0 Å². The molecule has 5 heteroatoms. The summed E-state index contributed by atoms with van der Waals surface area (Å²) in [7, 11) is 0. The minimum atomic E-state index is -0.0870. The highest BCUT2D eigenvalue weighted by Gasteiger charge is 2.40. The molecule has 1 aromatic heterocycles. The molecule has 0 saturated heterocycles. The maximum absolute atomic E-state index is 12.7. The quantitative estimate of drug-likeness (QED) is 0.858. The summed E-state index contributed by atoms with van der Waals surface area (Å²) in [6.45, 7) is 6.54. The van der Waals surface area contributed by atoms with Gasteiger partial charge in [-0.15, -0.1) is 0 Å². The molecule has 1 heterocycles. The molecule has 26 heavy (non-hydrogen) atoms. The van der Waals surface area contributed by atoms with Crippen LogP contribution in [0, 0.1) is 22.7 Å². The molecule has 0 radical (unpaired) electrons. The van der Waals surface area contributed by atoms with Gasteiger partial charge in [-0.05, 0) is 62.5 Å². The number of amides is 1. The first kappa shape index (κ1) is 17.1. The summed E-state index contributed by atoms with van der Waals surface area (Å²) in [5.41, 5.74) is 2.17. The Morgan fingerprint density at radius 1 is 1.42 bits per heavy atom. The average molecular weight is 350 g/mol. The third-order valence-corrected chi connectivity index (χ3v) is 6.32. The number of hydrogen-bond donors (Lipinski definition) is 1. The number of nitriles is 1. The van der Waals surface area contributed by atoms with Crippen LogP contribution >= 0.6 is 0 Å². The Hall–Kier alpha value is -2.35. The number of nitrogens with one attached hydrogen (secondary N) is 1. The van der Waals surface area contributed by atoms with Crippen molar-refractivity contribution in [3.05, 3.63) is 23.8 Å². The van der Waals surface area contributed by atoms with Crippen LogP contribution in [0.1, 0.15) is 64.9 Å². The fourth-order valence-corrected chi connectivity index (χ4v) is 4.33. The van der Waals surface area contributed by atoms with Gasteiger partial charge in [0.25, 0.3) is 0 Å². The topological polar surface area (TPSA) is 70.7 Å². The fourth-order valence-electron chi connectivity index (χ4n) is 4.33. The molecule has 136 valence electrons. The van der Waals surface area contributed by atoms with Gasteiger partial charge in [-0.1, -0.05) is 19.9 Å². The van der Waals surface area contributed by atoms with E-state index in [1.165, 1.54) is 12.8 Å². The maximum Gasteiger partial charge on any atom is 0.227 e. The summed E-state index contributed by atoms with van der Waals surface area (Å²) in [6.07, 6.45) is 6.18. The Balaban J connectivity index is 1.71. The molecule has 4 rings (SSSR count). The van der Waals surface area contributed by atoms with E-state index in [1.54, 1.807) is 0 Å². The number of para-hydroxylation sites is 1. The molecule has 2 fully saturated rings. The number of benzene rings is 1. The summed E-state index contributed by atoms with van der Waals surface area (Å²) in [4.78, 5) is 17.4. The molecule has 2 saturated carbocycles. The minimum absolute atomic E-state index is 0.0138. The number of anilines is 1. The highest BCUT2D eigenvalue weighted by molar-refractivity contribution is 5.93. The summed E-state index contributed by atoms with van der Waals surface area (Å²) in [5, 5.41) is 12.6. The van der Waals surface area contributed by atoms with Crippen LogP contribution in [0.15, 0.2) is 18.2 Å². The third-order valence-electron chi connectivity index (χ3n) is 6.32. The number of hydrogen-bond acceptors (Lipinski definition) is 3. The first-order valence-electron chi connectivity index (χ1n) is 9.56. The van der Waals surface area contributed by atoms with Crippen molar-refractivity contribution in [3.8, 4) is 6.07 Å². The SMILES string of the molecule is CC(C)(CC(=O)Nc1nc2cccc(C#N)c2n1C1(C)CCC1)C1CC1. The number of rotatable bonds is 5. The van der Waals surface area contributed by atoms with Crippen LogP contribution < -0.4 is 5.32 Å². The second-order valence-corrected chi connectivity index (χ2v) is 8.89. The Kier molecular flexibility index (Phi) is 3.83. The molecule has 1 aromatic carbocycles. The van der Waals surface area contributed by atoms with E-state index in [0.29, 0.717) is 23.9 Å². The molecule has 2 aliphatic carbocycles. The molecule has 0 aliphatic heterocycles. The third kappa shape index (κ3) is 2.78. The first-order chi connectivity index (χ1) is 12.3. The van der Waals surface area contributed by atoms with Crippen molar-refractivity contribution in [3.63, 3.8) is 0 Å². The predicted molar refractivity (Wildman–Crippen MR) is 102 cm³/mol. The van der Waals surface area contributed by atoms with Gasteiger partial charge in [0.2, 0.25) is 11.9 Å². The van der Waals surface area contributed by atoms with Crippen LogP contribution in [-0.2, 0) is 10.3 Å². The zero-order valence-electron chi connectivity index (χ0n) is 15.8. The van der Waals surface area contributed by atoms with E-state index >= 15 is 0 Å². The average Bonchev–Trinajstić information content (AvgIpc) is 3.34. The molecule has 0 atom stereocenters. The Morgan fingerprint density at radius 2 is 2.15 bits per heavy atom. The molecule has 0 bridgehead atoms. The normalized spacial score (nSPS) is 19.0. The van der Waals surface area contributed by atoms with E-state index < -0.39 is 0 Å². The standard InChI is InChI=1S/C21H26N4O/c1-20(2,15-8-9-15)12-17(26)24-19-23-16-7-4-6-14(13-22)18(16)25(19)21(3)10-5-11-21/h4,6-7,15H,5,8-12H2,1-3H3,(H,23,24,26). The van der Waals surface area contributed by atoms with Gasteiger partial charge >= 0.3 is 0 Å². The number of carbonyl (C=O) groups excluding carboxylic acids is 1. The summed E-state index contributed by atoms with van der Waals surface area (Å²) >= 11 is 0. The first-order valence-corrected chi connectivity index (χ1v) is 9.56. The van der Waals surface area contributed by atoms with Gasteiger partial charge < -0.3 is 4.57 Å². The number of aromatic nitrogens is 2. The van der Waals surface area contributed by atoms with Crippen molar-refractivity contribution in [1.82, 2.24) is 9.55 Å². The van der Waals surface area contributed by atoms with E-state index in [9.17, 15) is 10.1 Å². The molecule has 0 unspecified atom stereocenters. The van der Waals surface area contributed by atoms with Gasteiger partial charge in [0.15, 0.2) is 0 Å². The van der Waals surface area contributed by atoms with Crippen molar-refractivity contribution in [2.75, 3.05) is 5.32 Å². The number of imidazole rings is 1.